The molecule has 3 rings (SSSR count). The van der Waals surface area contributed by atoms with Crippen molar-refractivity contribution in [1.29, 1.82) is 0 Å². The summed E-state index contributed by atoms with van der Waals surface area (Å²) in [7, 11) is 0. The van der Waals surface area contributed by atoms with Crippen LogP contribution in [0.1, 0.15) is 37.0 Å². The fourth-order valence-electron chi connectivity index (χ4n) is 2.94. The molecule has 3 aromatic rings. The fraction of sp³-hybridized carbons (Fsp3) is 0.238. The van der Waals surface area contributed by atoms with Crippen LogP contribution < -0.4 is 10.4 Å². The van der Waals surface area contributed by atoms with Gasteiger partial charge in [-0.3, -0.25) is 4.79 Å². The highest BCUT2D eigenvalue weighted by Gasteiger charge is 2.15. The zero-order valence-corrected chi connectivity index (χ0v) is 14.7. The molecule has 0 fully saturated rings. The third-order valence-electron chi connectivity index (χ3n) is 4.26. The Labute approximate surface area is 150 Å². The minimum atomic E-state index is -0.433. The highest BCUT2D eigenvalue weighted by Crippen LogP contribution is 2.26. The van der Waals surface area contributed by atoms with Crippen LogP contribution in [0.2, 0.25) is 0 Å². The lowest BCUT2D eigenvalue weighted by Gasteiger charge is -2.11. The van der Waals surface area contributed by atoms with Gasteiger partial charge < -0.3 is 9.15 Å². The first-order valence-corrected chi connectivity index (χ1v) is 8.55. The van der Waals surface area contributed by atoms with Crippen molar-refractivity contribution >= 4 is 16.9 Å². The summed E-state index contributed by atoms with van der Waals surface area (Å²) >= 11 is 0. The molecule has 0 spiro atoms. The number of halogens is 1. The van der Waals surface area contributed by atoms with Crippen LogP contribution in [-0.2, 0) is 17.6 Å². The van der Waals surface area contributed by atoms with E-state index in [0.29, 0.717) is 29.7 Å². The van der Waals surface area contributed by atoms with Gasteiger partial charge in [0.05, 0.1) is 0 Å². The maximum absolute atomic E-state index is 13.1. The molecule has 0 N–H and O–H groups in total. The molecule has 0 atom stereocenters. The van der Waals surface area contributed by atoms with Gasteiger partial charge in [-0.1, -0.05) is 26.0 Å². The first kappa shape index (κ1) is 17.9. The molecule has 0 radical (unpaired) electrons. The summed E-state index contributed by atoms with van der Waals surface area (Å²) in [5.41, 5.74) is 2.23. The third kappa shape index (κ3) is 3.67. The van der Waals surface area contributed by atoms with Gasteiger partial charge in [0.2, 0.25) is 0 Å². The van der Waals surface area contributed by atoms with Crippen LogP contribution in [0.25, 0.3) is 11.0 Å². The Balaban J connectivity index is 2.05. The summed E-state index contributed by atoms with van der Waals surface area (Å²) in [5, 5.41) is 0.806. The molecule has 134 valence electrons. The summed E-state index contributed by atoms with van der Waals surface area (Å²) < 4.78 is 23.7. The number of carbonyl (C=O) groups excluding carboxylic acids is 1. The van der Waals surface area contributed by atoms with Gasteiger partial charge in [-0.15, -0.1) is 0 Å². The molecule has 1 aromatic heterocycles. The second-order valence-corrected chi connectivity index (χ2v) is 5.99. The number of hydrogen-bond acceptors (Lipinski definition) is 4. The summed E-state index contributed by atoms with van der Waals surface area (Å²) in [6.45, 7) is 3.67. The number of esters is 1. The maximum atomic E-state index is 13.1. The van der Waals surface area contributed by atoms with E-state index in [1.807, 2.05) is 6.92 Å². The predicted molar refractivity (Wildman–Crippen MR) is 97.0 cm³/mol. The van der Waals surface area contributed by atoms with E-state index >= 15 is 0 Å². The maximum Gasteiger partial charge on any atom is 0.340 e. The van der Waals surface area contributed by atoms with E-state index in [-0.39, 0.29) is 18.2 Å². The molecule has 4 nitrogen and oxygen atoms in total. The van der Waals surface area contributed by atoms with Crippen molar-refractivity contribution in [3.05, 3.63) is 75.4 Å². The molecule has 0 saturated heterocycles. The molecular formula is C21H19FO4. The van der Waals surface area contributed by atoms with Crippen molar-refractivity contribution in [1.82, 2.24) is 0 Å². The normalized spacial score (nSPS) is 10.9. The Kier molecular flexibility index (Phi) is 5.16. The SMILES string of the molecule is CCC(=O)Oc1ccc2c(CC)c(Cc3ccc(F)cc3)c(=O)oc2c1. The van der Waals surface area contributed by atoms with Gasteiger partial charge in [0.1, 0.15) is 17.1 Å². The average molecular weight is 354 g/mol. The highest BCUT2D eigenvalue weighted by atomic mass is 19.1. The van der Waals surface area contributed by atoms with E-state index in [1.54, 1.807) is 37.3 Å². The second-order valence-electron chi connectivity index (χ2n) is 5.99. The number of benzene rings is 2. The zero-order chi connectivity index (χ0) is 18.7. The fourth-order valence-corrected chi connectivity index (χ4v) is 2.94. The summed E-state index contributed by atoms with van der Waals surface area (Å²) in [4.78, 5) is 24.0. The van der Waals surface area contributed by atoms with E-state index < -0.39 is 5.63 Å². The quantitative estimate of drug-likeness (QED) is 0.387. The van der Waals surface area contributed by atoms with Crippen LogP contribution >= 0.6 is 0 Å². The van der Waals surface area contributed by atoms with E-state index in [0.717, 1.165) is 16.5 Å². The molecule has 0 aliphatic carbocycles. The van der Waals surface area contributed by atoms with Gasteiger partial charge in [0.25, 0.3) is 0 Å². The van der Waals surface area contributed by atoms with Crippen molar-refractivity contribution in [2.24, 2.45) is 0 Å². The molecule has 1 heterocycles. The van der Waals surface area contributed by atoms with Crippen LogP contribution in [0.4, 0.5) is 4.39 Å². The van der Waals surface area contributed by atoms with Gasteiger partial charge >= 0.3 is 11.6 Å². The van der Waals surface area contributed by atoms with Crippen LogP contribution in [0.15, 0.2) is 51.7 Å². The monoisotopic (exact) mass is 354 g/mol. The molecule has 5 heteroatoms. The molecule has 26 heavy (non-hydrogen) atoms. The van der Waals surface area contributed by atoms with Gasteiger partial charge in [-0.25, -0.2) is 9.18 Å². The average Bonchev–Trinajstić information content (AvgIpc) is 2.64. The van der Waals surface area contributed by atoms with E-state index in [2.05, 4.69) is 0 Å². The number of hydrogen-bond donors (Lipinski definition) is 0. The zero-order valence-electron chi connectivity index (χ0n) is 14.7. The van der Waals surface area contributed by atoms with Crippen molar-refractivity contribution in [3.63, 3.8) is 0 Å². The molecule has 0 aliphatic rings. The smallest absolute Gasteiger partial charge is 0.340 e. The first-order chi connectivity index (χ1) is 12.5. The Hall–Kier alpha value is -2.95. The molecule has 0 unspecified atom stereocenters. The lowest BCUT2D eigenvalue weighted by Crippen LogP contribution is -2.12. The molecule has 0 amide bonds. The minimum Gasteiger partial charge on any atom is -0.426 e. The minimum absolute atomic E-state index is 0.263. The number of carbonyl (C=O) groups is 1. The van der Waals surface area contributed by atoms with E-state index in [1.165, 1.54) is 12.1 Å². The van der Waals surface area contributed by atoms with Crippen LogP contribution in [0.3, 0.4) is 0 Å². The lowest BCUT2D eigenvalue weighted by atomic mass is 9.97. The van der Waals surface area contributed by atoms with Crippen LogP contribution in [0, 0.1) is 5.82 Å². The highest BCUT2D eigenvalue weighted by molar-refractivity contribution is 5.83. The summed E-state index contributed by atoms with van der Waals surface area (Å²) in [6, 6.07) is 11.1. The summed E-state index contributed by atoms with van der Waals surface area (Å²) in [6.07, 6.45) is 1.28. The first-order valence-electron chi connectivity index (χ1n) is 8.55. The Bertz CT molecular complexity index is 1000. The van der Waals surface area contributed by atoms with Crippen molar-refractivity contribution in [2.75, 3.05) is 0 Å². The molecular weight excluding hydrogens is 335 g/mol. The van der Waals surface area contributed by atoms with E-state index in [4.69, 9.17) is 9.15 Å². The van der Waals surface area contributed by atoms with E-state index in [9.17, 15) is 14.0 Å². The predicted octanol–water partition coefficient (Wildman–Crippen LogP) is 4.40. The van der Waals surface area contributed by atoms with Crippen LogP contribution in [-0.4, -0.2) is 5.97 Å². The lowest BCUT2D eigenvalue weighted by molar-refractivity contribution is -0.134. The summed E-state index contributed by atoms with van der Waals surface area (Å²) in [5.74, 6) is -0.319. The largest absolute Gasteiger partial charge is 0.426 e. The molecule has 0 aliphatic heterocycles. The number of rotatable bonds is 5. The van der Waals surface area contributed by atoms with Gasteiger partial charge in [-0.2, -0.15) is 0 Å². The molecule has 0 saturated carbocycles. The number of fused-ring (bicyclic) bond motifs is 1. The Morgan fingerprint density at radius 2 is 1.81 bits per heavy atom. The van der Waals surface area contributed by atoms with Crippen molar-refractivity contribution in [3.8, 4) is 5.75 Å². The molecule has 2 aromatic carbocycles. The second kappa shape index (κ2) is 7.52. The molecule has 0 bridgehead atoms. The Morgan fingerprint density at radius 1 is 1.08 bits per heavy atom. The standard InChI is InChI=1S/C21H19FO4/c1-3-16-17-10-9-15(25-20(23)4-2)12-19(17)26-21(24)18(16)11-13-5-7-14(22)8-6-13/h5-10,12H,3-4,11H2,1-2H3. The Morgan fingerprint density at radius 3 is 2.46 bits per heavy atom. The van der Waals surface area contributed by atoms with Gasteiger partial charge in [0.15, 0.2) is 0 Å². The number of ether oxygens (including phenoxy) is 1. The topological polar surface area (TPSA) is 56.5 Å². The third-order valence-corrected chi connectivity index (χ3v) is 4.26. The van der Waals surface area contributed by atoms with Crippen molar-refractivity contribution < 1.29 is 18.3 Å². The van der Waals surface area contributed by atoms with Gasteiger partial charge in [-0.05, 0) is 41.8 Å². The van der Waals surface area contributed by atoms with Crippen LogP contribution in [0.5, 0.6) is 5.75 Å². The van der Waals surface area contributed by atoms with Crippen molar-refractivity contribution in [2.45, 2.75) is 33.1 Å². The number of aryl methyl sites for hydroxylation is 1. The van der Waals surface area contributed by atoms with Gasteiger partial charge in [0, 0.05) is 29.9 Å².